The van der Waals surface area contributed by atoms with Crippen LogP contribution in [0.3, 0.4) is 0 Å². The third-order valence-corrected chi connectivity index (χ3v) is 4.38. The van der Waals surface area contributed by atoms with Crippen LogP contribution >= 0.6 is 11.8 Å². The van der Waals surface area contributed by atoms with E-state index >= 15 is 0 Å². The first-order valence-electron chi connectivity index (χ1n) is 6.26. The number of hydrogen-bond acceptors (Lipinski definition) is 6. The Hall–Kier alpha value is -2.13. The van der Waals surface area contributed by atoms with Gasteiger partial charge < -0.3 is 15.4 Å². The molecule has 0 radical (unpaired) electrons. The molecule has 1 atom stereocenters. The first-order chi connectivity index (χ1) is 9.74. The van der Waals surface area contributed by atoms with Crippen LogP contribution in [0.25, 0.3) is 0 Å². The molecule has 0 spiro atoms. The molecule has 1 aromatic carbocycles. The predicted molar refractivity (Wildman–Crippen MR) is 79.2 cm³/mol. The Morgan fingerprint density at radius 1 is 1.45 bits per heavy atom. The molecule has 2 N–H and O–H groups in total. The van der Waals surface area contributed by atoms with Gasteiger partial charge in [-0.05, 0) is 17.7 Å². The lowest BCUT2D eigenvalue weighted by atomic mass is 9.98. The van der Waals surface area contributed by atoms with E-state index in [9.17, 15) is 5.26 Å². The van der Waals surface area contributed by atoms with Crippen LogP contribution in [0.15, 0.2) is 40.7 Å². The number of nitrogens with zero attached hydrogens (tertiary/aromatic N) is 3. The van der Waals surface area contributed by atoms with Crippen LogP contribution in [0, 0.1) is 11.3 Å². The smallest absolute Gasteiger partial charge is 0.165 e. The fourth-order valence-electron chi connectivity index (χ4n) is 2.34. The molecule has 1 unspecified atom stereocenters. The van der Waals surface area contributed by atoms with Crippen LogP contribution in [0.2, 0.25) is 0 Å². The molecular weight excluding hydrogens is 272 g/mol. The third kappa shape index (κ3) is 2.00. The highest BCUT2D eigenvalue weighted by Gasteiger charge is 2.33. The molecule has 1 fully saturated rings. The number of methoxy groups -OCH3 is 1. The minimum atomic E-state index is -0.317. The highest BCUT2D eigenvalue weighted by molar-refractivity contribution is 8.14. The van der Waals surface area contributed by atoms with Crippen LogP contribution in [0.5, 0.6) is 5.75 Å². The second-order valence-corrected chi connectivity index (χ2v) is 5.56. The molecule has 0 aromatic heterocycles. The Morgan fingerprint density at radius 3 is 2.85 bits per heavy atom. The lowest BCUT2D eigenvalue weighted by Gasteiger charge is -2.27. The van der Waals surface area contributed by atoms with E-state index in [0.29, 0.717) is 11.4 Å². The summed E-state index contributed by atoms with van der Waals surface area (Å²) in [6.45, 7) is 0.815. The molecule has 1 aromatic rings. The summed E-state index contributed by atoms with van der Waals surface area (Å²) in [7, 11) is 1.63. The summed E-state index contributed by atoms with van der Waals surface area (Å²) in [6, 6.07) is 9.48. The van der Waals surface area contributed by atoms with Crippen LogP contribution < -0.4 is 10.5 Å². The second kappa shape index (κ2) is 5.10. The molecule has 0 saturated carbocycles. The molecule has 2 aliphatic heterocycles. The summed E-state index contributed by atoms with van der Waals surface area (Å²) in [6.07, 6.45) is 0. The standard InChI is InChI=1S/C14H14N4OS/c1-19-10-4-2-9(3-5-10)12-11(8-15)13(16)18-6-7-20-14(18)17-12/h2-5,12H,6-7,16H2,1H3. The van der Waals surface area contributed by atoms with Crippen molar-refractivity contribution in [3.8, 4) is 11.8 Å². The van der Waals surface area contributed by atoms with Gasteiger partial charge in [0, 0.05) is 12.3 Å². The lowest BCUT2D eigenvalue weighted by Crippen LogP contribution is -2.34. The number of fused-ring (bicyclic) bond motifs is 1. The zero-order chi connectivity index (χ0) is 14.1. The number of amidine groups is 1. The van der Waals surface area contributed by atoms with E-state index in [4.69, 9.17) is 10.5 Å². The zero-order valence-corrected chi connectivity index (χ0v) is 11.9. The molecule has 1 saturated heterocycles. The van der Waals surface area contributed by atoms with E-state index in [1.165, 1.54) is 0 Å². The van der Waals surface area contributed by atoms with Crippen LogP contribution in [-0.4, -0.2) is 29.5 Å². The van der Waals surface area contributed by atoms with Crippen molar-refractivity contribution in [1.29, 1.82) is 5.26 Å². The molecule has 0 bridgehead atoms. The normalized spacial score (nSPS) is 21.3. The minimum Gasteiger partial charge on any atom is -0.497 e. The second-order valence-electron chi connectivity index (χ2n) is 4.50. The summed E-state index contributed by atoms with van der Waals surface area (Å²) in [5, 5.41) is 10.3. The van der Waals surface area contributed by atoms with Crippen molar-refractivity contribution in [3.05, 3.63) is 41.2 Å². The molecule has 2 aliphatic rings. The van der Waals surface area contributed by atoms with E-state index in [1.807, 2.05) is 29.2 Å². The third-order valence-electron chi connectivity index (χ3n) is 3.41. The number of ether oxygens (including phenoxy) is 1. The van der Waals surface area contributed by atoms with E-state index in [0.717, 1.165) is 28.8 Å². The van der Waals surface area contributed by atoms with E-state index in [1.54, 1.807) is 18.9 Å². The quantitative estimate of drug-likeness (QED) is 0.898. The summed E-state index contributed by atoms with van der Waals surface area (Å²) in [5.74, 6) is 2.26. The molecule has 5 nitrogen and oxygen atoms in total. The van der Waals surface area contributed by atoms with Crippen molar-refractivity contribution < 1.29 is 4.74 Å². The fourth-order valence-corrected chi connectivity index (χ4v) is 3.32. The van der Waals surface area contributed by atoms with Crippen LogP contribution in [0.1, 0.15) is 11.6 Å². The molecular formula is C14H14N4OS. The largest absolute Gasteiger partial charge is 0.497 e. The van der Waals surface area contributed by atoms with Crippen LogP contribution in [0.4, 0.5) is 0 Å². The van der Waals surface area contributed by atoms with E-state index < -0.39 is 0 Å². The SMILES string of the molecule is COc1ccc(C2N=C3SCCN3C(N)=C2C#N)cc1. The summed E-state index contributed by atoms with van der Waals surface area (Å²) >= 11 is 1.68. The topological polar surface area (TPSA) is 74.6 Å². The first kappa shape index (κ1) is 12.9. The van der Waals surface area contributed by atoms with Gasteiger partial charge in [-0.15, -0.1) is 0 Å². The van der Waals surface area contributed by atoms with Crippen molar-refractivity contribution in [1.82, 2.24) is 4.90 Å². The zero-order valence-electron chi connectivity index (χ0n) is 11.0. The molecule has 3 rings (SSSR count). The van der Waals surface area contributed by atoms with Gasteiger partial charge in [0.1, 0.15) is 23.7 Å². The maximum absolute atomic E-state index is 9.40. The number of hydrogen-bond donors (Lipinski definition) is 1. The summed E-state index contributed by atoms with van der Waals surface area (Å²) in [4.78, 5) is 6.60. The van der Waals surface area contributed by atoms with Crippen molar-refractivity contribution in [2.24, 2.45) is 10.7 Å². The first-order valence-corrected chi connectivity index (χ1v) is 7.25. The Morgan fingerprint density at radius 2 is 2.20 bits per heavy atom. The molecule has 0 aliphatic carbocycles. The number of thioether (sulfide) groups is 1. The van der Waals surface area contributed by atoms with Gasteiger partial charge in [-0.3, -0.25) is 0 Å². The lowest BCUT2D eigenvalue weighted by molar-refractivity contribution is 0.414. The fraction of sp³-hybridized carbons (Fsp3) is 0.286. The average molecular weight is 286 g/mol. The summed E-state index contributed by atoms with van der Waals surface area (Å²) in [5.41, 5.74) is 7.59. The highest BCUT2D eigenvalue weighted by atomic mass is 32.2. The number of nitriles is 1. The molecule has 20 heavy (non-hydrogen) atoms. The van der Waals surface area contributed by atoms with Crippen molar-refractivity contribution in [3.63, 3.8) is 0 Å². The van der Waals surface area contributed by atoms with Gasteiger partial charge in [0.25, 0.3) is 0 Å². The molecule has 0 amide bonds. The Bertz CT molecular complexity index is 630. The number of nitrogens with two attached hydrogens (primary N) is 1. The number of rotatable bonds is 2. The minimum absolute atomic E-state index is 0.317. The highest BCUT2D eigenvalue weighted by Crippen LogP contribution is 2.36. The van der Waals surface area contributed by atoms with Gasteiger partial charge in [-0.2, -0.15) is 5.26 Å². The van der Waals surface area contributed by atoms with Gasteiger partial charge in [-0.1, -0.05) is 23.9 Å². The maximum Gasteiger partial charge on any atom is 0.165 e. The molecule has 6 heteroatoms. The van der Waals surface area contributed by atoms with Crippen molar-refractivity contribution in [2.45, 2.75) is 6.04 Å². The Labute approximate surface area is 121 Å². The van der Waals surface area contributed by atoms with Gasteiger partial charge in [-0.25, -0.2) is 4.99 Å². The van der Waals surface area contributed by atoms with Gasteiger partial charge >= 0.3 is 0 Å². The van der Waals surface area contributed by atoms with E-state index in [-0.39, 0.29) is 6.04 Å². The van der Waals surface area contributed by atoms with Crippen molar-refractivity contribution in [2.75, 3.05) is 19.4 Å². The number of aliphatic imine (C=N–C) groups is 1. The van der Waals surface area contributed by atoms with Gasteiger partial charge in [0.05, 0.1) is 12.7 Å². The molecule has 102 valence electrons. The predicted octanol–water partition coefficient (Wildman–Crippen LogP) is 1.85. The number of benzene rings is 1. The van der Waals surface area contributed by atoms with Gasteiger partial charge in [0.2, 0.25) is 0 Å². The monoisotopic (exact) mass is 286 g/mol. The summed E-state index contributed by atoms with van der Waals surface area (Å²) < 4.78 is 5.15. The average Bonchev–Trinajstić information content (AvgIpc) is 2.96. The van der Waals surface area contributed by atoms with Crippen molar-refractivity contribution >= 4 is 16.9 Å². The molecule has 2 heterocycles. The Kier molecular flexibility index (Phi) is 3.28. The van der Waals surface area contributed by atoms with E-state index in [2.05, 4.69) is 11.1 Å². The van der Waals surface area contributed by atoms with Gasteiger partial charge in [0.15, 0.2) is 5.17 Å². The Balaban J connectivity index is 2.02. The van der Waals surface area contributed by atoms with Crippen LogP contribution in [-0.2, 0) is 0 Å². The maximum atomic E-state index is 9.40.